The van der Waals surface area contributed by atoms with Crippen LogP contribution in [0.5, 0.6) is 0 Å². The van der Waals surface area contributed by atoms with Gasteiger partial charge in [-0.15, -0.1) is 6.42 Å². The average molecular weight is 462 g/mol. The number of esters is 1. The molecule has 1 aliphatic rings. The third kappa shape index (κ3) is 5.55. The second kappa shape index (κ2) is 10.5. The topological polar surface area (TPSA) is 154 Å². The molecule has 3 heterocycles. The molecule has 0 radical (unpaired) electrons. The van der Waals surface area contributed by atoms with Crippen LogP contribution >= 0.6 is 0 Å². The van der Waals surface area contributed by atoms with Crippen molar-refractivity contribution in [2.24, 2.45) is 0 Å². The summed E-state index contributed by atoms with van der Waals surface area (Å²) in [5.41, 5.74) is 4.27. The number of carbonyl (C=O) groups is 2. The first kappa shape index (κ1) is 24.3. The number of rotatable bonds is 10. The van der Waals surface area contributed by atoms with Gasteiger partial charge in [-0.3, -0.25) is 14.2 Å². The zero-order valence-corrected chi connectivity index (χ0v) is 18.3. The molecule has 0 spiro atoms. The molecule has 33 heavy (non-hydrogen) atoms. The Hall–Kier alpha value is -3.30. The minimum absolute atomic E-state index is 0.00718. The molecule has 3 rings (SSSR count). The first-order valence-electron chi connectivity index (χ1n) is 10.7. The van der Waals surface area contributed by atoms with E-state index >= 15 is 0 Å². The van der Waals surface area contributed by atoms with Crippen molar-refractivity contribution in [1.82, 2.24) is 24.8 Å². The normalized spacial score (nSPS) is 22.2. The number of halogens is 1. The van der Waals surface area contributed by atoms with Crippen LogP contribution in [0.25, 0.3) is 11.2 Å². The second-order valence-corrected chi connectivity index (χ2v) is 7.81. The summed E-state index contributed by atoms with van der Waals surface area (Å²) < 4.78 is 26.0. The highest BCUT2D eigenvalue weighted by atomic mass is 19.1. The molecule has 4 N–H and O–H groups in total. The molecular formula is C21H27FN6O5. The van der Waals surface area contributed by atoms with Crippen molar-refractivity contribution in [3.63, 3.8) is 0 Å². The van der Waals surface area contributed by atoms with E-state index in [9.17, 15) is 19.1 Å². The van der Waals surface area contributed by atoms with Crippen LogP contribution in [0.2, 0.25) is 0 Å². The number of imidazole rings is 1. The van der Waals surface area contributed by atoms with E-state index in [0.29, 0.717) is 6.42 Å². The third-order valence-corrected chi connectivity index (χ3v) is 5.42. The summed E-state index contributed by atoms with van der Waals surface area (Å²) in [4.78, 5) is 35.0. The van der Waals surface area contributed by atoms with Crippen LogP contribution < -0.4 is 11.1 Å². The van der Waals surface area contributed by atoms with E-state index in [0.717, 1.165) is 25.7 Å². The van der Waals surface area contributed by atoms with Crippen LogP contribution in [0.3, 0.4) is 0 Å². The van der Waals surface area contributed by atoms with Crippen molar-refractivity contribution in [3.8, 4) is 12.3 Å². The van der Waals surface area contributed by atoms with Crippen molar-refractivity contribution < 1.29 is 28.6 Å². The van der Waals surface area contributed by atoms with E-state index < -0.39 is 36.6 Å². The molecule has 0 aromatic carbocycles. The fourth-order valence-electron chi connectivity index (χ4n) is 3.55. The predicted octanol–water partition coefficient (Wildman–Crippen LogP) is 0.829. The number of anilines is 1. The Morgan fingerprint density at radius 3 is 2.97 bits per heavy atom. The summed E-state index contributed by atoms with van der Waals surface area (Å²) in [6.07, 6.45) is 7.97. The zero-order chi connectivity index (χ0) is 24.0. The van der Waals surface area contributed by atoms with Gasteiger partial charge < -0.3 is 25.6 Å². The van der Waals surface area contributed by atoms with E-state index in [-0.39, 0.29) is 35.9 Å². The average Bonchev–Trinajstić information content (AvgIpc) is 3.35. The van der Waals surface area contributed by atoms with Crippen LogP contribution in [0, 0.1) is 18.4 Å². The van der Waals surface area contributed by atoms with E-state index in [1.54, 1.807) is 0 Å². The van der Waals surface area contributed by atoms with Crippen molar-refractivity contribution in [2.75, 3.05) is 18.9 Å². The first-order valence-corrected chi connectivity index (χ1v) is 10.7. The van der Waals surface area contributed by atoms with Gasteiger partial charge in [-0.25, -0.2) is 4.98 Å². The van der Waals surface area contributed by atoms with Crippen molar-refractivity contribution in [1.29, 1.82) is 0 Å². The number of fused-ring (bicyclic) bond motifs is 1. The van der Waals surface area contributed by atoms with Gasteiger partial charge in [0.25, 0.3) is 0 Å². The van der Waals surface area contributed by atoms with Crippen LogP contribution in [-0.2, 0) is 19.1 Å². The molecule has 0 bridgehead atoms. The van der Waals surface area contributed by atoms with Crippen molar-refractivity contribution in [3.05, 3.63) is 12.4 Å². The maximum absolute atomic E-state index is 13.6. The lowest BCUT2D eigenvalue weighted by atomic mass is 9.99. The summed E-state index contributed by atoms with van der Waals surface area (Å²) >= 11 is 0. The number of ether oxygens (including phenoxy) is 2. The number of nitrogens with one attached hydrogen (secondary N) is 1. The molecule has 1 saturated heterocycles. The van der Waals surface area contributed by atoms with Gasteiger partial charge >= 0.3 is 12.0 Å². The Kier molecular flexibility index (Phi) is 7.78. The highest BCUT2D eigenvalue weighted by molar-refractivity contribution is 5.82. The van der Waals surface area contributed by atoms with Crippen molar-refractivity contribution >= 4 is 28.9 Å². The van der Waals surface area contributed by atoms with Gasteiger partial charge in [-0.05, 0) is 6.42 Å². The number of hydrogen-bond donors (Lipinski definition) is 3. The van der Waals surface area contributed by atoms with Crippen LogP contribution in [0.15, 0.2) is 6.33 Å². The molecule has 2 aromatic rings. The monoisotopic (exact) mass is 462 g/mol. The Bertz CT molecular complexity index is 1050. The lowest BCUT2D eigenvalue weighted by molar-refractivity contribution is -0.156. The summed E-state index contributed by atoms with van der Waals surface area (Å²) in [5, 5.41) is 13.1. The quantitative estimate of drug-likeness (QED) is 0.201. The number of nitrogen functional groups attached to an aromatic ring is 1. The van der Waals surface area contributed by atoms with Gasteiger partial charge in [0.15, 0.2) is 22.6 Å². The highest BCUT2D eigenvalue weighted by Gasteiger charge is 2.49. The van der Waals surface area contributed by atoms with Crippen LogP contribution in [0.1, 0.15) is 51.7 Å². The maximum atomic E-state index is 13.6. The molecule has 12 heteroatoms. The number of hydrogen-bond acceptors (Lipinski definition) is 9. The highest BCUT2D eigenvalue weighted by Crippen LogP contribution is 2.38. The van der Waals surface area contributed by atoms with Gasteiger partial charge in [-0.2, -0.15) is 14.4 Å². The number of aliphatic hydroxyl groups excluding tert-OH is 1. The molecule has 178 valence electrons. The third-order valence-electron chi connectivity index (χ3n) is 5.42. The summed E-state index contributed by atoms with van der Waals surface area (Å²) in [5.74, 6) is 1.24. The minimum Gasteiger partial charge on any atom is -0.460 e. The number of terminal acetylenes is 1. The molecule has 0 saturated carbocycles. The first-order chi connectivity index (χ1) is 15.8. The van der Waals surface area contributed by atoms with Gasteiger partial charge in [0.1, 0.15) is 25.5 Å². The molecule has 0 unspecified atom stereocenters. The Morgan fingerprint density at radius 2 is 2.24 bits per heavy atom. The van der Waals surface area contributed by atoms with Gasteiger partial charge in [0.2, 0.25) is 5.91 Å². The van der Waals surface area contributed by atoms with Gasteiger partial charge in [-0.1, -0.05) is 32.1 Å². The standard InChI is InChI=1S/C21H27FN6O5/c1-3-5-6-7-8-14(30)24-10-16(31)32-11-21(4-2)13(29)9-15(33-21)28-12-25-17-18(23)26-20(22)27-19(17)28/h2,12-13,15,29H,3,5-11H2,1H3,(H,24,30)(H2,23,26,27)/t13-,15+,21+/m0/s1. The number of unbranched alkanes of at least 4 members (excludes halogenated alkanes) is 3. The van der Waals surface area contributed by atoms with Gasteiger partial charge in [0, 0.05) is 12.8 Å². The number of aromatic nitrogens is 4. The Balaban J connectivity index is 1.58. The smallest absolute Gasteiger partial charge is 0.325 e. The molecule has 1 fully saturated rings. The molecule has 3 atom stereocenters. The number of amides is 1. The molecule has 1 aliphatic heterocycles. The summed E-state index contributed by atoms with van der Waals surface area (Å²) in [6.45, 7) is 1.31. The largest absolute Gasteiger partial charge is 0.460 e. The maximum Gasteiger partial charge on any atom is 0.325 e. The number of nitrogens with two attached hydrogens (primary N) is 1. The fourth-order valence-corrected chi connectivity index (χ4v) is 3.55. The second-order valence-electron chi connectivity index (χ2n) is 7.81. The van der Waals surface area contributed by atoms with E-state index in [4.69, 9.17) is 21.6 Å². The SMILES string of the molecule is C#C[C@]1(COC(=O)CNC(=O)CCCCCC)O[C@@H](n2cnc3c(N)nc(F)nc32)C[C@@H]1O. The lowest BCUT2D eigenvalue weighted by Gasteiger charge is -2.26. The molecule has 0 aliphatic carbocycles. The zero-order valence-electron chi connectivity index (χ0n) is 18.3. The van der Waals surface area contributed by atoms with E-state index in [1.165, 1.54) is 10.9 Å². The van der Waals surface area contributed by atoms with Crippen LogP contribution in [0.4, 0.5) is 10.2 Å². The summed E-state index contributed by atoms with van der Waals surface area (Å²) in [6, 6.07) is 0. The number of nitrogens with zero attached hydrogens (tertiary/aromatic N) is 4. The van der Waals surface area contributed by atoms with E-state index in [1.807, 2.05) is 0 Å². The molecular weight excluding hydrogens is 435 g/mol. The molecule has 2 aromatic heterocycles. The van der Waals surface area contributed by atoms with Crippen molar-refractivity contribution in [2.45, 2.75) is 63.4 Å². The van der Waals surface area contributed by atoms with Crippen LogP contribution in [-0.4, -0.2) is 61.4 Å². The number of carbonyl (C=O) groups excluding carboxylic acids is 2. The van der Waals surface area contributed by atoms with E-state index in [2.05, 4.69) is 33.1 Å². The summed E-state index contributed by atoms with van der Waals surface area (Å²) in [7, 11) is 0. The minimum atomic E-state index is -1.64. The Morgan fingerprint density at radius 1 is 1.45 bits per heavy atom. The number of aliphatic hydroxyl groups is 1. The predicted molar refractivity (Wildman–Crippen MR) is 115 cm³/mol. The lowest BCUT2D eigenvalue weighted by Crippen LogP contribution is -2.44. The van der Waals surface area contributed by atoms with Gasteiger partial charge in [0.05, 0.1) is 6.33 Å². The molecule has 11 nitrogen and oxygen atoms in total. The molecule has 1 amide bonds. The Labute approximate surface area is 189 Å². The fraction of sp³-hybridized carbons (Fsp3) is 0.571.